The van der Waals surface area contributed by atoms with Gasteiger partial charge in [-0.1, -0.05) is 49.3 Å². The van der Waals surface area contributed by atoms with E-state index >= 15 is 0 Å². The van der Waals surface area contributed by atoms with Gasteiger partial charge < -0.3 is 15.1 Å². The van der Waals surface area contributed by atoms with Gasteiger partial charge in [-0.05, 0) is 12.0 Å². The number of hydrogen-bond donors (Lipinski definition) is 2. The molecule has 0 fully saturated rings. The molecule has 0 spiro atoms. The number of nitrogens with zero attached hydrogens (tertiary/aromatic N) is 2. The second kappa shape index (κ2) is 8.61. The number of carbonyl (C=O) groups excluding carboxylic acids is 1. The zero-order valence-corrected chi connectivity index (χ0v) is 15.0. The lowest BCUT2D eigenvalue weighted by molar-refractivity contribution is 0.233. The lowest BCUT2D eigenvalue weighted by Crippen LogP contribution is -2.39. The average Bonchev–Trinajstić information content (AvgIpc) is 3.11. The summed E-state index contributed by atoms with van der Waals surface area (Å²) in [7, 11) is -3.59. The highest BCUT2D eigenvalue weighted by Gasteiger charge is 2.26. The van der Waals surface area contributed by atoms with Crippen LogP contribution < -0.4 is 10.6 Å². The van der Waals surface area contributed by atoms with E-state index in [-0.39, 0.29) is 17.7 Å². The van der Waals surface area contributed by atoms with E-state index in [1.54, 1.807) is 0 Å². The van der Waals surface area contributed by atoms with Gasteiger partial charge in [0.1, 0.15) is 6.04 Å². The molecule has 136 valence electrons. The predicted molar refractivity (Wildman–Crippen MR) is 91.7 cm³/mol. The predicted octanol–water partition coefficient (Wildman–Crippen LogP) is 1.86. The lowest BCUT2D eigenvalue weighted by Gasteiger charge is -2.16. The molecule has 0 unspecified atom stereocenters. The van der Waals surface area contributed by atoms with Gasteiger partial charge in [0.15, 0.2) is 0 Å². The number of amides is 2. The molecule has 1 heterocycles. The minimum atomic E-state index is -3.59. The molecule has 0 aliphatic rings. The Kier molecular flexibility index (Phi) is 6.51. The number of sulfone groups is 1. The second-order valence-electron chi connectivity index (χ2n) is 5.45. The summed E-state index contributed by atoms with van der Waals surface area (Å²) in [5.41, 5.74) is 0.946. The highest BCUT2D eigenvalue weighted by Crippen LogP contribution is 2.19. The van der Waals surface area contributed by atoms with Crippen molar-refractivity contribution in [1.82, 2.24) is 20.8 Å². The molecule has 0 radical (unpaired) electrons. The lowest BCUT2D eigenvalue weighted by atomic mass is 10.1. The molecule has 25 heavy (non-hydrogen) atoms. The fraction of sp³-hybridized carbons (Fsp3) is 0.438. The first-order valence-corrected chi connectivity index (χ1v) is 9.76. The SMILES string of the molecule is CCCNC(=O)N[C@@H](Cc1ccccc1)c1nnc(S(=O)(=O)CC)o1. The minimum absolute atomic E-state index is 0.0579. The zero-order valence-electron chi connectivity index (χ0n) is 14.2. The highest BCUT2D eigenvalue weighted by molar-refractivity contribution is 7.91. The largest absolute Gasteiger partial charge is 0.410 e. The summed E-state index contributed by atoms with van der Waals surface area (Å²) in [5.74, 6) is -0.0786. The van der Waals surface area contributed by atoms with Crippen molar-refractivity contribution in [2.45, 2.75) is 38.0 Å². The van der Waals surface area contributed by atoms with Crippen molar-refractivity contribution in [3.63, 3.8) is 0 Å². The van der Waals surface area contributed by atoms with Crippen molar-refractivity contribution in [3.05, 3.63) is 41.8 Å². The first-order valence-electron chi connectivity index (χ1n) is 8.10. The van der Waals surface area contributed by atoms with E-state index in [9.17, 15) is 13.2 Å². The first-order chi connectivity index (χ1) is 12.0. The van der Waals surface area contributed by atoms with Crippen LogP contribution in [0.4, 0.5) is 4.79 Å². The maximum Gasteiger partial charge on any atom is 0.335 e. The summed E-state index contributed by atoms with van der Waals surface area (Å²) in [6.45, 7) is 3.97. The summed E-state index contributed by atoms with van der Waals surface area (Å²) >= 11 is 0. The van der Waals surface area contributed by atoms with Crippen molar-refractivity contribution in [2.75, 3.05) is 12.3 Å². The third kappa shape index (κ3) is 5.28. The van der Waals surface area contributed by atoms with Crippen molar-refractivity contribution >= 4 is 15.9 Å². The molecule has 2 N–H and O–H groups in total. The maximum absolute atomic E-state index is 12.0. The van der Waals surface area contributed by atoms with E-state index in [2.05, 4.69) is 20.8 Å². The highest BCUT2D eigenvalue weighted by atomic mass is 32.2. The molecule has 0 bridgehead atoms. The van der Waals surface area contributed by atoms with Gasteiger partial charge in [0.25, 0.3) is 0 Å². The minimum Gasteiger partial charge on any atom is -0.410 e. The smallest absolute Gasteiger partial charge is 0.335 e. The maximum atomic E-state index is 12.0. The van der Waals surface area contributed by atoms with Crippen LogP contribution in [-0.4, -0.2) is 36.9 Å². The van der Waals surface area contributed by atoms with Crippen LogP contribution in [0.5, 0.6) is 0 Å². The average molecular weight is 366 g/mol. The standard InChI is InChI=1S/C16H22N4O4S/c1-3-10-17-15(21)18-13(11-12-8-6-5-7-9-12)14-19-20-16(24-14)25(22,23)4-2/h5-9,13H,3-4,10-11H2,1-2H3,(H2,17,18,21)/t13-/m0/s1. The van der Waals surface area contributed by atoms with Gasteiger partial charge in [0, 0.05) is 13.0 Å². The summed E-state index contributed by atoms with van der Waals surface area (Å²) in [6.07, 6.45) is 1.20. The van der Waals surface area contributed by atoms with Crippen molar-refractivity contribution in [3.8, 4) is 0 Å². The summed E-state index contributed by atoms with van der Waals surface area (Å²) in [6, 6.07) is 8.44. The Morgan fingerprint density at radius 3 is 2.56 bits per heavy atom. The molecule has 9 heteroatoms. The third-order valence-electron chi connectivity index (χ3n) is 3.49. The molecule has 0 aliphatic heterocycles. The van der Waals surface area contributed by atoms with E-state index in [0.717, 1.165) is 12.0 Å². The molecular weight excluding hydrogens is 344 g/mol. The van der Waals surface area contributed by atoms with Crippen molar-refractivity contribution in [2.24, 2.45) is 0 Å². The molecule has 2 rings (SSSR count). The molecule has 1 aromatic carbocycles. The fourth-order valence-corrected chi connectivity index (χ4v) is 2.73. The number of urea groups is 1. The molecule has 1 atom stereocenters. The fourth-order valence-electron chi connectivity index (χ4n) is 2.11. The Labute approximate surface area is 146 Å². The van der Waals surface area contributed by atoms with Gasteiger partial charge >= 0.3 is 11.3 Å². The zero-order chi connectivity index (χ0) is 18.3. The Bertz CT molecular complexity index is 789. The van der Waals surface area contributed by atoms with Crippen molar-refractivity contribution < 1.29 is 17.6 Å². The number of hydrogen-bond acceptors (Lipinski definition) is 6. The van der Waals surface area contributed by atoms with Crippen molar-refractivity contribution in [1.29, 1.82) is 0 Å². The molecule has 2 aromatic rings. The molecule has 2 amide bonds. The topological polar surface area (TPSA) is 114 Å². The van der Waals surface area contributed by atoms with Crippen LogP contribution in [0, 0.1) is 0 Å². The Hall–Kier alpha value is -2.42. The van der Waals surface area contributed by atoms with E-state index in [4.69, 9.17) is 4.42 Å². The van der Waals surface area contributed by atoms with Crippen LogP contribution in [0.25, 0.3) is 0 Å². The monoisotopic (exact) mass is 366 g/mol. The van der Waals surface area contributed by atoms with Gasteiger partial charge in [-0.2, -0.15) is 0 Å². The van der Waals surface area contributed by atoms with Gasteiger partial charge in [-0.25, -0.2) is 13.2 Å². The molecule has 8 nitrogen and oxygen atoms in total. The van der Waals surface area contributed by atoms with Crippen LogP contribution in [0.15, 0.2) is 40.0 Å². The van der Waals surface area contributed by atoms with E-state index < -0.39 is 21.1 Å². The number of aromatic nitrogens is 2. The number of nitrogens with one attached hydrogen (secondary N) is 2. The third-order valence-corrected chi connectivity index (χ3v) is 4.95. The summed E-state index contributed by atoms with van der Waals surface area (Å²) in [5, 5.41) is 12.5. The van der Waals surface area contributed by atoms with Crippen LogP contribution in [0.2, 0.25) is 0 Å². The number of benzene rings is 1. The van der Waals surface area contributed by atoms with E-state index in [1.165, 1.54) is 6.92 Å². The Morgan fingerprint density at radius 1 is 1.20 bits per heavy atom. The summed E-state index contributed by atoms with van der Waals surface area (Å²) in [4.78, 5) is 12.0. The van der Waals surface area contributed by atoms with E-state index in [0.29, 0.717) is 13.0 Å². The summed E-state index contributed by atoms with van der Waals surface area (Å²) < 4.78 is 29.1. The Morgan fingerprint density at radius 2 is 1.92 bits per heavy atom. The van der Waals surface area contributed by atoms with Gasteiger partial charge in [-0.3, -0.25) is 0 Å². The van der Waals surface area contributed by atoms with E-state index in [1.807, 2.05) is 37.3 Å². The van der Waals surface area contributed by atoms with Gasteiger partial charge in [0.05, 0.1) is 5.75 Å². The molecular formula is C16H22N4O4S. The first kappa shape index (κ1) is 18.9. The molecule has 0 saturated carbocycles. The molecule has 0 aliphatic carbocycles. The molecule has 0 saturated heterocycles. The normalized spacial score (nSPS) is 12.6. The van der Waals surface area contributed by atoms with Crippen LogP contribution in [0.3, 0.4) is 0 Å². The Balaban J connectivity index is 2.23. The van der Waals surface area contributed by atoms with Crippen LogP contribution in [-0.2, 0) is 16.3 Å². The number of rotatable bonds is 8. The molecule has 1 aromatic heterocycles. The quantitative estimate of drug-likeness (QED) is 0.737. The van der Waals surface area contributed by atoms with Gasteiger partial charge in [-0.15, -0.1) is 5.10 Å². The van der Waals surface area contributed by atoms with Gasteiger partial charge in [0.2, 0.25) is 15.7 Å². The van der Waals surface area contributed by atoms with Crippen LogP contribution in [0.1, 0.15) is 37.8 Å². The second-order valence-corrected chi connectivity index (χ2v) is 7.61. The number of carbonyl (C=O) groups is 1. The van der Waals surface area contributed by atoms with Crippen LogP contribution >= 0.6 is 0 Å².